The summed E-state index contributed by atoms with van der Waals surface area (Å²) in [7, 11) is 1.51. The van der Waals surface area contributed by atoms with Crippen molar-refractivity contribution in [1.29, 1.82) is 0 Å². The van der Waals surface area contributed by atoms with Gasteiger partial charge in [-0.05, 0) is 17.7 Å². The van der Waals surface area contributed by atoms with E-state index in [9.17, 15) is 24.3 Å². The Bertz CT molecular complexity index is 1150. The molecular weight excluding hydrogens is 362 g/mol. The fourth-order valence-electron chi connectivity index (χ4n) is 3.12. The lowest BCUT2D eigenvalue weighted by Crippen LogP contribution is -2.49. The molecule has 0 aliphatic heterocycles. The van der Waals surface area contributed by atoms with Crippen molar-refractivity contribution in [2.24, 2.45) is 7.05 Å². The first kappa shape index (κ1) is 19.1. The van der Waals surface area contributed by atoms with Crippen molar-refractivity contribution in [2.45, 2.75) is 12.5 Å². The summed E-state index contributed by atoms with van der Waals surface area (Å²) in [5.74, 6) is -2.21. The number of rotatable bonds is 6. The number of aromatic nitrogens is 2. The number of carbonyl (C=O) groups is 2. The molecule has 3 aromatic rings. The summed E-state index contributed by atoms with van der Waals surface area (Å²) in [4.78, 5) is 49.3. The Hall–Kier alpha value is -3.68. The molecule has 28 heavy (non-hydrogen) atoms. The average molecular weight is 380 g/mol. The number of nitrogens with zero attached hydrogens (tertiary/aromatic N) is 2. The summed E-state index contributed by atoms with van der Waals surface area (Å²) in [5.41, 5.74) is -0.1000. The number of hydrogen-bond acceptors (Lipinski definition) is 5. The normalized spacial score (nSPS) is 11.9. The predicted molar refractivity (Wildman–Crippen MR) is 101 cm³/mol. The number of nitrogens with one attached hydrogen (secondary N) is 1. The van der Waals surface area contributed by atoms with Gasteiger partial charge in [0.2, 0.25) is 5.91 Å². The van der Waals surface area contributed by atoms with Crippen LogP contribution >= 0.6 is 0 Å². The number of aliphatic carboxylic acids is 1. The Labute approximate surface area is 159 Å². The molecule has 0 aliphatic rings. The van der Waals surface area contributed by atoms with Gasteiger partial charge in [-0.3, -0.25) is 14.2 Å². The maximum Gasteiger partial charge on any atom is 0.331 e. The highest BCUT2D eigenvalue weighted by molar-refractivity contribution is 5.84. The number of benzene rings is 2. The minimum Gasteiger partial charge on any atom is -0.548 e. The van der Waals surface area contributed by atoms with Crippen molar-refractivity contribution in [3.63, 3.8) is 0 Å². The number of aryl methyl sites for hydroxylation is 1. The van der Waals surface area contributed by atoms with Crippen LogP contribution in [0.5, 0.6) is 0 Å². The van der Waals surface area contributed by atoms with Gasteiger partial charge < -0.3 is 15.2 Å². The molecule has 1 amide bonds. The molecule has 1 heterocycles. The third kappa shape index (κ3) is 3.71. The number of para-hydroxylation sites is 1. The number of carboxylic acids is 1. The third-order valence-electron chi connectivity index (χ3n) is 4.50. The van der Waals surface area contributed by atoms with Crippen molar-refractivity contribution >= 4 is 22.8 Å². The lowest BCUT2D eigenvalue weighted by Gasteiger charge is -2.20. The zero-order valence-electron chi connectivity index (χ0n) is 15.1. The molecular formula is C20H18N3O5-. The predicted octanol–water partition coefficient (Wildman–Crippen LogP) is -0.650. The van der Waals surface area contributed by atoms with Gasteiger partial charge in [-0.1, -0.05) is 42.5 Å². The zero-order valence-corrected chi connectivity index (χ0v) is 15.1. The summed E-state index contributed by atoms with van der Waals surface area (Å²) in [6.45, 7) is -0.716. The first-order chi connectivity index (χ1) is 13.4. The Morgan fingerprint density at radius 1 is 1.04 bits per heavy atom. The van der Waals surface area contributed by atoms with E-state index < -0.39 is 35.7 Å². The van der Waals surface area contributed by atoms with Crippen LogP contribution in [0.4, 0.5) is 0 Å². The fourth-order valence-corrected chi connectivity index (χ4v) is 3.12. The molecule has 0 saturated heterocycles. The van der Waals surface area contributed by atoms with E-state index in [1.165, 1.54) is 11.6 Å². The Kier molecular flexibility index (Phi) is 5.39. The molecule has 1 N–H and O–H groups in total. The largest absolute Gasteiger partial charge is 0.548 e. The summed E-state index contributed by atoms with van der Waals surface area (Å²) >= 11 is 0. The first-order valence-electron chi connectivity index (χ1n) is 8.62. The van der Waals surface area contributed by atoms with Gasteiger partial charge >= 0.3 is 5.69 Å². The molecule has 0 fully saturated rings. The lowest BCUT2D eigenvalue weighted by molar-refractivity contribution is -0.304. The van der Waals surface area contributed by atoms with E-state index in [1.807, 2.05) is 0 Å². The Morgan fingerprint density at radius 3 is 2.36 bits per heavy atom. The summed E-state index contributed by atoms with van der Waals surface area (Å²) in [6.07, 6.45) is 0.0488. The molecule has 144 valence electrons. The molecule has 2 aromatic carbocycles. The molecule has 0 radical (unpaired) electrons. The van der Waals surface area contributed by atoms with Gasteiger partial charge in [-0.15, -0.1) is 0 Å². The van der Waals surface area contributed by atoms with E-state index in [0.717, 1.165) is 10.1 Å². The van der Waals surface area contributed by atoms with Crippen LogP contribution in [0.15, 0.2) is 64.2 Å². The standard InChI is InChI=1S/C20H19N3O5/c1-22-15-10-6-5-9-14(15)19(27)23(20(22)28)16(18(26)21-12-17(24)25)11-13-7-3-2-4-8-13/h2-10,16H,11-12H2,1H3,(H,21,26)(H,24,25)/p-1/t16-/m0/s1. The van der Waals surface area contributed by atoms with Gasteiger partial charge in [0.1, 0.15) is 6.04 Å². The van der Waals surface area contributed by atoms with Crippen molar-refractivity contribution < 1.29 is 14.7 Å². The van der Waals surface area contributed by atoms with Gasteiger partial charge in [0, 0.05) is 13.5 Å². The van der Waals surface area contributed by atoms with E-state index >= 15 is 0 Å². The van der Waals surface area contributed by atoms with Crippen molar-refractivity contribution in [3.05, 3.63) is 81.0 Å². The second kappa shape index (κ2) is 7.91. The van der Waals surface area contributed by atoms with E-state index in [0.29, 0.717) is 5.52 Å². The minimum atomic E-state index is -1.47. The van der Waals surface area contributed by atoms with E-state index in [1.54, 1.807) is 54.6 Å². The minimum absolute atomic E-state index is 0.0488. The monoisotopic (exact) mass is 380 g/mol. The van der Waals surface area contributed by atoms with Crippen LogP contribution in [0, 0.1) is 0 Å². The van der Waals surface area contributed by atoms with Crippen LogP contribution in [0.2, 0.25) is 0 Å². The summed E-state index contributed by atoms with van der Waals surface area (Å²) in [5, 5.41) is 13.2. The lowest BCUT2D eigenvalue weighted by atomic mass is 10.0. The van der Waals surface area contributed by atoms with Crippen molar-refractivity contribution in [2.75, 3.05) is 6.54 Å². The second-order valence-corrected chi connectivity index (χ2v) is 6.33. The molecule has 0 saturated carbocycles. The molecule has 0 unspecified atom stereocenters. The second-order valence-electron chi connectivity index (χ2n) is 6.33. The number of hydrogen-bond donors (Lipinski definition) is 1. The van der Waals surface area contributed by atoms with Crippen molar-refractivity contribution in [3.8, 4) is 0 Å². The number of carboxylic acid groups (broad SMARTS) is 1. The Morgan fingerprint density at radius 2 is 1.68 bits per heavy atom. The first-order valence-corrected chi connectivity index (χ1v) is 8.62. The van der Waals surface area contributed by atoms with Crippen LogP contribution in [0.25, 0.3) is 10.9 Å². The van der Waals surface area contributed by atoms with Gasteiger partial charge in [0.05, 0.1) is 23.4 Å². The van der Waals surface area contributed by atoms with Crippen LogP contribution < -0.4 is 21.7 Å². The quantitative estimate of drug-likeness (QED) is 0.611. The summed E-state index contributed by atoms with van der Waals surface area (Å²) < 4.78 is 2.17. The van der Waals surface area contributed by atoms with Crippen LogP contribution in [-0.2, 0) is 23.1 Å². The van der Waals surface area contributed by atoms with E-state index in [2.05, 4.69) is 5.32 Å². The van der Waals surface area contributed by atoms with Gasteiger partial charge in [0.25, 0.3) is 5.56 Å². The van der Waals surface area contributed by atoms with Gasteiger partial charge in [-0.2, -0.15) is 0 Å². The molecule has 0 bridgehead atoms. The van der Waals surface area contributed by atoms with Crippen LogP contribution in [-0.4, -0.2) is 27.6 Å². The highest BCUT2D eigenvalue weighted by atomic mass is 16.4. The fraction of sp³-hybridized carbons (Fsp3) is 0.200. The maximum absolute atomic E-state index is 13.0. The summed E-state index contributed by atoms with van der Waals surface area (Å²) in [6, 6.07) is 14.2. The van der Waals surface area contributed by atoms with Crippen LogP contribution in [0.1, 0.15) is 11.6 Å². The molecule has 1 atom stereocenters. The topological polar surface area (TPSA) is 113 Å². The molecule has 8 heteroatoms. The molecule has 8 nitrogen and oxygen atoms in total. The highest BCUT2D eigenvalue weighted by Crippen LogP contribution is 2.14. The smallest absolute Gasteiger partial charge is 0.331 e. The molecule has 3 rings (SSSR count). The molecule has 0 aliphatic carbocycles. The van der Waals surface area contributed by atoms with E-state index in [4.69, 9.17) is 0 Å². The van der Waals surface area contributed by atoms with Crippen molar-refractivity contribution in [1.82, 2.24) is 14.5 Å². The van der Waals surface area contributed by atoms with Gasteiger partial charge in [-0.25, -0.2) is 9.36 Å². The Balaban J connectivity index is 2.17. The average Bonchev–Trinajstić information content (AvgIpc) is 2.70. The number of carbonyl (C=O) groups excluding carboxylic acids is 2. The van der Waals surface area contributed by atoms with Gasteiger partial charge in [0.15, 0.2) is 0 Å². The number of fused-ring (bicyclic) bond motifs is 1. The third-order valence-corrected chi connectivity index (χ3v) is 4.50. The van der Waals surface area contributed by atoms with Crippen LogP contribution in [0.3, 0.4) is 0 Å². The molecule has 0 spiro atoms. The van der Waals surface area contributed by atoms with E-state index in [-0.39, 0.29) is 11.8 Å². The zero-order chi connectivity index (χ0) is 20.3. The number of amides is 1. The highest BCUT2D eigenvalue weighted by Gasteiger charge is 2.26. The SMILES string of the molecule is Cn1c(=O)n([C@@H](Cc2ccccc2)C(=O)NCC(=O)[O-])c(=O)c2ccccc21. The molecule has 1 aromatic heterocycles. The maximum atomic E-state index is 13.0.